The molecule has 0 bridgehead atoms. The second-order valence-electron chi connectivity index (χ2n) is 4.16. The van der Waals surface area contributed by atoms with Crippen LogP contribution in [0.25, 0.3) is 0 Å². The van der Waals surface area contributed by atoms with E-state index < -0.39 is 10.0 Å². The van der Waals surface area contributed by atoms with Gasteiger partial charge in [-0.1, -0.05) is 0 Å². The molecule has 16 heavy (non-hydrogen) atoms. The highest BCUT2D eigenvalue weighted by molar-refractivity contribution is 7.90. The molecule has 1 atom stereocenters. The van der Waals surface area contributed by atoms with E-state index in [1.807, 2.05) is 0 Å². The summed E-state index contributed by atoms with van der Waals surface area (Å²) < 4.78 is 31.8. The monoisotopic (exact) mass is 270 g/mol. The van der Waals surface area contributed by atoms with Crippen LogP contribution < -0.4 is 10.0 Å². The lowest BCUT2D eigenvalue weighted by Gasteiger charge is -2.24. The van der Waals surface area contributed by atoms with Crippen molar-refractivity contribution >= 4 is 22.4 Å². The van der Waals surface area contributed by atoms with E-state index in [1.165, 1.54) is 0 Å². The zero-order chi connectivity index (χ0) is 10.7. The van der Waals surface area contributed by atoms with E-state index in [1.54, 1.807) is 0 Å². The molecule has 2 aliphatic rings. The van der Waals surface area contributed by atoms with Crippen LogP contribution in [0.15, 0.2) is 0 Å². The molecule has 0 radical (unpaired) electrons. The van der Waals surface area contributed by atoms with Crippen molar-refractivity contribution < 1.29 is 13.2 Å². The number of sulfonamides is 1. The van der Waals surface area contributed by atoms with Crippen LogP contribution in [0.1, 0.15) is 19.3 Å². The topological polar surface area (TPSA) is 67.4 Å². The van der Waals surface area contributed by atoms with Crippen LogP contribution >= 0.6 is 12.4 Å². The average molecular weight is 271 g/mol. The van der Waals surface area contributed by atoms with Crippen molar-refractivity contribution in [1.29, 1.82) is 0 Å². The Morgan fingerprint density at radius 2 is 1.88 bits per heavy atom. The van der Waals surface area contributed by atoms with Crippen molar-refractivity contribution in [3.8, 4) is 0 Å². The van der Waals surface area contributed by atoms with E-state index in [0.717, 1.165) is 25.8 Å². The maximum Gasteiger partial charge on any atom is 0.216 e. The van der Waals surface area contributed by atoms with Crippen molar-refractivity contribution in [3.05, 3.63) is 0 Å². The van der Waals surface area contributed by atoms with Gasteiger partial charge in [0.25, 0.3) is 0 Å². The number of halogens is 1. The van der Waals surface area contributed by atoms with Gasteiger partial charge in [-0.2, -0.15) is 0 Å². The molecule has 7 heteroatoms. The van der Waals surface area contributed by atoms with E-state index in [-0.39, 0.29) is 23.7 Å². The maximum atomic E-state index is 11.9. The number of nitrogens with one attached hydrogen (secondary N) is 2. The summed E-state index contributed by atoms with van der Waals surface area (Å²) >= 11 is 0. The molecule has 96 valence electrons. The lowest BCUT2D eigenvalue weighted by atomic mass is 10.1. The van der Waals surface area contributed by atoms with Gasteiger partial charge in [-0.05, 0) is 25.8 Å². The fraction of sp³-hybridized carbons (Fsp3) is 1.00. The van der Waals surface area contributed by atoms with E-state index >= 15 is 0 Å². The summed E-state index contributed by atoms with van der Waals surface area (Å²) in [5, 5.41) is 2.82. The first-order valence-electron chi connectivity index (χ1n) is 5.48. The maximum absolute atomic E-state index is 11.9. The van der Waals surface area contributed by atoms with E-state index in [2.05, 4.69) is 10.0 Å². The summed E-state index contributed by atoms with van der Waals surface area (Å²) in [5.74, 6) is 0. The molecule has 2 aliphatic heterocycles. The van der Waals surface area contributed by atoms with Crippen LogP contribution in [-0.2, 0) is 14.8 Å². The summed E-state index contributed by atoms with van der Waals surface area (Å²) in [6, 6.07) is 0.0735. The lowest BCUT2D eigenvalue weighted by molar-refractivity contribution is 0.0831. The van der Waals surface area contributed by atoms with Crippen molar-refractivity contribution in [2.75, 3.05) is 26.3 Å². The summed E-state index contributed by atoms with van der Waals surface area (Å²) in [4.78, 5) is 0. The molecule has 2 rings (SSSR count). The summed E-state index contributed by atoms with van der Waals surface area (Å²) in [6.07, 6.45) is 2.30. The number of hydrogen-bond donors (Lipinski definition) is 2. The third kappa shape index (κ3) is 3.56. The number of rotatable bonds is 3. The highest BCUT2D eigenvalue weighted by Crippen LogP contribution is 2.13. The Morgan fingerprint density at radius 1 is 1.19 bits per heavy atom. The third-order valence-electron chi connectivity index (χ3n) is 3.01. The molecular formula is C9H19ClN2O3S. The summed E-state index contributed by atoms with van der Waals surface area (Å²) in [6.45, 7) is 2.71. The van der Waals surface area contributed by atoms with Gasteiger partial charge < -0.3 is 10.1 Å². The molecule has 5 nitrogen and oxygen atoms in total. The summed E-state index contributed by atoms with van der Waals surface area (Å²) in [5.41, 5.74) is 0. The van der Waals surface area contributed by atoms with Gasteiger partial charge in [0, 0.05) is 25.8 Å². The van der Waals surface area contributed by atoms with Gasteiger partial charge in [0.2, 0.25) is 10.0 Å². The molecular weight excluding hydrogens is 252 g/mol. The third-order valence-corrected chi connectivity index (χ3v) is 4.95. The number of ether oxygens (including phenoxy) is 1. The standard InChI is InChI=1S/C9H18N2O3S.ClH/c12-15(13,9-1-4-10-7-9)11-8-2-5-14-6-3-8;/h8-11H,1-7H2;1H. The van der Waals surface area contributed by atoms with Crippen molar-refractivity contribution in [1.82, 2.24) is 10.0 Å². The van der Waals surface area contributed by atoms with Gasteiger partial charge in [-0.3, -0.25) is 0 Å². The average Bonchev–Trinajstić information content (AvgIpc) is 2.71. The van der Waals surface area contributed by atoms with Crippen LogP contribution in [0.2, 0.25) is 0 Å². The van der Waals surface area contributed by atoms with Crippen molar-refractivity contribution in [2.24, 2.45) is 0 Å². The van der Waals surface area contributed by atoms with Gasteiger partial charge in [0.15, 0.2) is 0 Å². The first-order valence-corrected chi connectivity index (χ1v) is 7.03. The molecule has 0 amide bonds. The molecule has 2 heterocycles. The second kappa shape index (κ2) is 6.16. The zero-order valence-electron chi connectivity index (χ0n) is 9.15. The van der Waals surface area contributed by atoms with E-state index in [0.29, 0.717) is 19.8 Å². The number of hydrogen-bond acceptors (Lipinski definition) is 4. The minimum atomic E-state index is -3.13. The molecule has 0 saturated carbocycles. The molecule has 2 N–H and O–H groups in total. The van der Waals surface area contributed by atoms with Gasteiger partial charge >= 0.3 is 0 Å². The Hall–Kier alpha value is 0.120. The second-order valence-corrected chi connectivity index (χ2v) is 6.16. The van der Waals surface area contributed by atoms with Crippen LogP contribution in [0.5, 0.6) is 0 Å². The summed E-state index contributed by atoms with van der Waals surface area (Å²) in [7, 11) is -3.13. The minimum absolute atomic E-state index is 0. The predicted octanol–water partition coefficient (Wildman–Crippen LogP) is -0.131. The first kappa shape index (κ1) is 14.2. The van der Waals surface area contributed by atoms with Crippen molar-refractivity contribution in [2.45, 2.75) is 30.6 Å². The molecule has 0 spiro atoms. The molecule has 2 saturated heterocycles. The molecule has 2 fully saturated rings. The Balaban J connectivity index is 0.00000128. The fourth-order valence-corrected chi connectivity index (χ4v) is 3.70. The molecule has 0 aromatic heterocycles. The van der Waals surface area contributed by atoms with Crippen LogP contribution in [0.4, 0.5) is 0 Å². The largest absolute Gasteiger partial charge is 0.381 e. The van der Waals surface area contributed by atoms with Crippen LogP contribution in [0, 0.1) is 0 Å². The minimum Gasteiger partial charge on any atom is -0.381 e. The Kier molecular flexibility index (Phi) is 5.46. The quantitative estimate of drug-likeness (QED) is 0.750. The Bertz CT molecular complexity index is 298. The molecule has 0 aromatic rings. The SMILES string of the molecule is Cl.O=S(=O)(NC1CCOCC1)C1CCNC1. The Morgan fingerprint density at radius 3 is 2.44 bits per heavy atom. The normalized spacial score (nSPS) is 27.6. The molecule has 1 unspecified atom stereocenters. The van der Waals surface area contributed by atoms with Gasteiger partial charge in [-0.25, -0.2) is 13.1 Å². The Labute approximate surface area is 103 Å². The highest BCUT2D eigenvalue weighted by atomic mass is 35.5. The van der Waals surface area contributed by atoms with E-state index in [9.17, 15) is 8.42 Å². The zero-order valence-corrected chi connectivity index (χ0v) is 10.8. The first-order chi connectivity index (χ1) is 7.18. The van der Waals surface area contributed by atoms with Crippen LogP contribution in [0.3, 0.4) is 0 Å². The molecule has 0 aromatic carbocycles. The van der Waals surface area contributed by atoms with Gasteiger partial charge in [-0.15, -0.1) is 12.4 Å². The predicted molar refractivity (Wildman–Crippen MR) is 64.4 cm³/mol. The van der Waals surface area contributed by atoms with Gasteiger partial charge in [0.05, 0.1) is 5.25 Å². The lowest BCUT2D eigenvalue weighted by Crippen LogP contribution is -2.44. The van der Waals surface area contributed by atoms with E-state index in [4.69, 9.17) is 4.74 Å². The smallest absolute Gasteiger partial charge is 0.216 e. The van der Waals surface area contributed by atoms with Crippen molar-refractivity contribution in [3.63, 3.8) is 0 Å². The highest BCUT2D eigenvalue weighted by Gasteiger charge is 2.30. The van der Waals surface area contributed by atoms with Gasteiger partial charge in [0.1, 0.15) is 0 Å². The fourth-order valence-electron chi connectivity index (χ4n) is 2.04. The molecule has 0 aliphatic carbocycles. The van der Waals surface area contributed by atoms with Crippen LogP contribution in [-0.4, -0.2) is 46.0 Å².